The van der Waals surface area contributed by atoms with Gasteiger partial charge in [-0.2, -0.15) is 0 Å². The van der Waals surface area contributed by atoms with E-state index in [4.69, 9.17) is 23.7 Å². The minimum Gasteiger partial charge on any atom is -0.463 e. The molecule has 108 valence electrons. The smallest absolute Gasteiger partial charge is 0.316 e. The summed E-state index contributed by atoms with van der Waals surface area (Å²) in [5.41, 5.74) is 0.460. The molecule has 0 heterocycles. The van der Waals surface area contributed by atoms with Crippen molar-refractivity contribution in [3.63, 3.8) is 0 Å². The van der Waals surface area contributed by atoms with Gasteiger partial charge in [-0.3, -0.25) is 4.79 Å². The first kappa shape index (κ1) is 18.3. The number of alkyl halides is 2. The lowest BCUT2D eigenvalue weighted by Gasteiger charge is -2.06. The Morgan fingerprint density at radius 1 is 0.778 bits per heavy atom. The Hall–Kier alpha value is 0.270. The van der Waals surface area contributed by atoms with Gasteiger partial charge in [0.2, 0.25) is 0 Å². The maximum Gasteiger partial charge on any atom is 0.316 e. The van der Waals surface area contributed by atoms with E-state index in [1.807, 2.05) is 0 Å². The van der Waals surface area contributed by atoms with Gasteiger partial charge in [0.25, 0.3) is 0 Å². The van der Waals surface area contributed by atoms with E-state index in [1.54, 1.807) is 0 Å². The van der Waals surface area contributed by atoms with Crippen LogP contribution in [0.4, 0.5) is 0 Å². The summed E-state index contributed by atoms with van der Waals surface area (Å²) >= 11 is 6.09. The third-order valence-electron chi connectivity index (χ3n) is 1.59. The zero-order valence-corrected chi connectivity index (χ0v) is 13.2. The molecule has 18 heavy (non-hydrogen) atoms. The van der Waals surface area contributed by atoms with Gasteiger partial charge < -0.3 is 23.7 Å². The minimum atomic E-state index is -0.294. The quantitative estimate of drug-likeness (QED) is 0.203. The van der Waals surface area contributed by atoms with Gasteiger partial charge in [0.05, 0.1) is 33.0 Å². The third kappa shape index (κ3) is 14.3. The zero-order chi connectivity index (χ0) is 13.5. The first-order valence-corrected chi connectivity index (χ1v) is 7.64. The summed E-state index contributed by atoms with van der Waals surface area (Å²) in [5, 5.41) is 0.203. The highest BCUT2D eigenvalue weighted by molar-refractivity contribution is 9.09. The lowest BCUT2D eigenvalue weighted by atomic mass is 10.7. The molecule has 0 amide bonds. The van der Waals surface area contributed by atoms with Crippen molar-refractivity contribution in [1.29, 1.82) is 0 Å². The summed E-state index contributed by atoms with van der Waals surface area (Å²) in [6, 6.07) is 0. The highest BCUT2D eigenvalue weighted by atomic mass is 79.9. The predicted molar refractivity (Wildman–Crippen MR) is 72.1 cm³/mol. The predicted octanol–water partition coefficient (Wildman–Crippen LogP) is 1.30. The largest absolute Gasteiger partial charge is 0.463 e. The maximum absolute atomic E-state index is 10.7. The first-order valence-electron chi connectivity index (χ1n) is 5.39. The van der Waals surface area contributed by atoms with Crippen LogP contribution in [-0.4, -0.2) is 63.2 Å². The number of hydrogen-bond donors (Lipinski definition) is 0. The minimum absolute atomic E-state index is 0.203. The molecule has 0 aromatic heterocycles. The van der Waals surface area contributed by atoms with Gasteiger partial charge in [-0.25, -0.2) is 0 Å². The van der Waals surface area contributed by atoms with Crippen LogP contribution in [0.15, 0.2) is 0 Å². The molecular weight excluding hydrogens is 376 g/mol. The fourth-order valence-electron chi connectivity index (χ4n) is 0.842. The van der Waals surface area contributed by atoms with Crippen LogP contribution in [-0.2, 0) is 28.5 Å². The van der Waals surface area contributed by atoms with Gasteiger partial charge in [-0.15, -0.1) is 0 Å². The van der Waals surface area contributed by atoms with E-state index in [0.717, 1.165) is 0 Å². The molecule has 0 aliphatic rings. The summed E-state index contributed by atoms with van der Waals surface area (Å²) in [7, 11) is 0. The maximum atomic E-state index is 10.7. The zero-order valence-electron chi connectivity index (χ0n) is 10.1. The molecule has 0 bridgehead atoms. The molecule has 0 saturated carbocycles. The highest BCUT2D eigenvalue weighted by Gasteiger charge is 1.98. The molecule has 0 aliphatic heterocycles. The second kappa shape index (κ2) is 15.3. The third-order valence-corrected chi connectivity index (χ3v) is 2.37. The summed E-state index contributed by atoms with van der Waals surface area (Å²) in [4.78, 5) is 10.7. The van der Waals surface area contributed by atoms with E-state index >= 15 is 0 Å². The molecule has 6 nitrogen and oxygen atoms in total. The van der Waals surface area contributed by atoms with E-state index in [-0.39, 0.29) is 24.7 Å². The van der Waals surface area contributed by atoms with Gasteiger partial charge in [-0.05, 0) is 0 Å². The molecule has 0 rings (SSSR count). The fraction of sp³-hybridized carbons (Fsp3) is 0.900. The molecule has 0 fully saturated rings. The molecule has 0 atom stereocenters. The number of hydrogen-bond acceptors (Lipinski definition) is 6. The molecule has 0 spiro atoms. The van der Waals surface area contributed by atoms with Crippen LogP contribution in [0.5, 0.6) is 0 Å². The van der Waals surface area contributed by atoms with Crippen molar-refractivity contribution in [3.8, 4) is 0 Å². The Labute approximate surface area is 123 Å². The van der Waals surface area contributed by atoms with Crippen molar-refractivity contribution >= 4 is 37.8 Å². The summed E-state index contributed by atoms with van der Waals surface area (Å²) in [5.74, 6) is -0.294. The van der Waals surface area contributed by atoms with E-state index in [9.17, 15) is 4.79 Å². The van der Waals surface area contributed by atoms with Crippen LogP contribution >= 0.6 is 31.9 Å². The number of rotatable bonds is 13. The number of carbonyl (C=O) groups excluding carboxylic acids is 1. The average molecular weight is 394 g/mol. The number of ether oxygens (including phenoxy) is 5. The van der Waals surface area contributed by atoms with Crippen molar-refractivity contribution in [2.24, 2.45) is 0 Å². The van der Waals surface area contributed by atoms with Crippen LogP contribution in [0.1, 0.15) is 0 Å². The van der Waals surface area contributed by atoms with Crippen LogP contribution in [0.25, 0.3) is 0 Å². The van der Waals surface area contributed by atoms with Crippen LogP contribution in [0, 0.1) is 0 Å². The molecule has 0 aromatic carbocycles. The van der Waals surface area contributed by atoms with Gasteiger partial charge in [0.15, 0.2) is 0 Å². The van der Waals surface area contributed by atoms with Crippen LogP contribution in [0.3, 0.4) is 0 Å². The second-order valence-electron chi connectivity index (χ2n) is 2.92. The van der Waals surface area contributed by atoms with E-state index in [1.165, 1.54) is 0 Å². The van der Waals surface area contributed by atoms with E-state index in [0.29, 0.717) is 38.6 Å². The Balaban J connectivity index is 2.97. The standard InChI is InChI=1S/C10H18Br2O6/c11-7-10(13)18-6-5-15-2-1-14-3-4-16-9-17-8-12/h1-9H2. The SMILES string of the molecule is O=C(CBr)OCCOCCOCCOCOCBr. The topological polar surface area (TPSA) is 63.2 Å². The monoisotopic (exact) mass is 392 g/mol. The molecule has 0 N–H and O–H groups in total. The highest BCUT2D eigenvalue weighted by Crippen LogP contribution is 1.87. The molecule has 0 unspecified atom stereocenters. The second-order valence-corrected chi connectivity index (χ2v) is 3.94. The van der Waals surface area contributed by atoms with Crippen LogP contribution < -0.4 is 0 Å². The van der Waals surface area contributed by atoms with Crippen molar-refractivity contribution in [2.75, 3.05) is 57.3 Å². The number of carbonyl (C=O) groups is 1. The Bertz CT molecular complexity index is 193. The Morgan fingerprint density at radius 2 is 1.33 bits per heavy atom. The fourth-order valence-corrected chi connectivity index (χ4v) is 1.14. The molecule has 0 aromatic rings. The van der Waals surface area contributed by atoms with Crippen molar-refractivity contribution in [1.82, 2.24) is 0 Å². The summed E-state index contributed by atoms with van der Waals surface area (Å²) in [6.45, 7) is 2.81. The van der Waals surface area contributed by atoms with Crippen LogP contribution in [0.2, 0.25) is 0 Å². The lowest BCUT2D eigenvalue weighted by molar-refractivity contribution is -0.142. The van der Waals surface area contributed by atoms with Crippen molar-refractivity contribution in [3.05, 3.63) is 0 Å². The van der Waals surface area contributed by atoms with Crippen molar-refractivity contribution in [2.45, 2.75) is 0 Å². The number of halogens is 2. The average Bonchev–Trinajstić information content (AvgIpc) is 2.39. The van der Waals surface area contributed by atoms with Gasteiger partial charge >= 0.3 is 5.97 Å². The molecule has 0 aliphatic carbocycles. The summed E-state index contributed by atoms with van der Waals surface area (Å²) < 4.78 is 25.2. The van der Waals surface area contributed by atoms with E-state index < -0.39 is 0 Å². The molecule has 8 heteroatoms. The Morgan fingerprint density at radius 3 is 1.89 bits per heavy atom. The van der Waals surface area contributed by atoms with E-state index in [2.05, 4.69) is 31.9 Å². The molecule has 0 saturated heterocycles. The number of esters is 1. The van der Waals surface area contributed by atoms with Gasteiger partial charge in [0, 0.05) is 0 Å². The Kier molecular flexibility index (Phi) is 15.6. The summed E-state index contributed by atoms with van der Waals surface area (Å²) in [6.07, 6.45) is 0. The van der Waals surface area contributed by atoms with Gasteiger partial charge in [0.1, 0.15) is 24.2 Å². The first-order chi connectivity index (χ1) is 8.81. The van der Waals surface area contributed by atoms with Gasteiger partial charge in [-0.1, -0.05) is 31.9 Å². The van der Waals surface area contributed by atoms with Crippen molar-refractivity contribution < 1.29 is 28.5 Å². The molecule has 0 radical (unpaired) electrons. The molecular formula is C10H18Br2O6. The lowest BCUT2D eigenvalue weighted by Crippen LogP contribution is -2.14. The normalized spacial score (nSPS) is 10.6.